The van der Waals surface area contributed by atoms with E-state index in [0.717, 1.165) is 44.9 Å². The van der Waals surface area contributed by atoms with Gasteiger partial charge in [-0.2, -0.15) is 0 Å². The van der Waals surface area contributed by atoms with Crippen molar-refractivity contribution in [1.29, 1.82) is 0 Å². The summed E-state index contributed by atoms with van der Waals surface area (Å²) < 4.78 is 16.5. The molecule has 0 N–H and O–H groups in total. The lowest BCUT2D eigenvalue weighted by Crippen LogP contribution is -2.59. The van der Waals surface area contributed by atoms with Gasteiger partial charge in [-0.25, -0.2) is 0 Å². The standard InChI is InChI=1S/C27H38O7/c1-16(28)32-15-24(31)27(34-18(3)30)13-10-23-21-7-6-19-14-20(33-17(2)29)8-11-25(19,4)22(21)9-12-26(23,27)5/h6,20-23H,7-15H2,1-5H3/t20-,21-,22-,23-,25+,26+,27+/m1/s1. The third kappa shape index (κ3) is 3.89. The van der Waals surface area contributed by atoms with Crippen molar-refractivity contribution < 1.29 is 33.4 Å². The first-order chi connectivity index (χ1) is 15.9. The quantitative estimate of drug-likeness (QED) is 0.333. The highest BCUT2D eigenvalue weighted by atomic mass is 16.6. The lowest BCUT2D eigenvalue weighted by Gasteiger charge is -2.59. The number of Topliss-reactive ketones (excluding diaryl/α,β-unsaturated/α-hetero) is 1. The summed E-state index contributed by atoms with van der Waals surface area (Å²) in [5, 5.41) is 0. The van der Waals surface area contributed by atoms with Crippen molar-refractivity contribution in [3.8, 4) is 0 Å². The Morgan fingerprint density at radius 2 is 1.62 bits per heavy atom. The predicted molar refractivity (Wildman–Crippen MR) is 123 cm³/mol. The largest absolute Gasteiger partial charge is 0.462 e. The van der Waals surface area contributed by atoms with Crippen molar-refractivity contribution in [3.05, 3.63) is 11.6 Å². The minimum Gasteiger partial charge on any atom is -0.462 e. The van der Waals surface area contributed by atoms with E-state index in [2.05, 4.69) is 19.9 Å². The minimum absolute atomic E-state index is 0.0378. The second kappa shape index (κ2) is 8.80. The van der Waals surface area contributed by atoms with Gasteiger partial charge in [0.2, 0.25) is 5.78 Å². The van der Waals surface area contributed by atoms with Gasteiger partial charge in [0.25, 0.3) is 0 Å². The fourth-order valence-corrected chi connectivity index (χ4v) is 8.17. The Labute approximate surface area is 202 Å². The van der Waals surface area contributed by atoms with Crippen molar-refractivity contribution in [2.75, 3.05) is 6.61 Å². The van der Waals surface area contributed by atoms with E-state index < -0.39 is 23.0 Å². The average Bonchev–Trinajstić information content (AvgIpc) is 3.04. The van der Waals surface area contributed by atoms with E-state index in [9.17, 15) is 19.2 Å². The van der Waals surface area contributed by atoms with Crippen molar-refractivity contribution in [2.45, 2.75) is 97.7 Å². The Balaban J connectivity index is 1.62. The maximum atomic E-state index is 13.4. The molecule has 0 saturated heterocycles. The molecular weight excluding hydrogens is 436 g/mol. The fraction of sp³-hybridized carbons (Fsp3) is 0.778. The molecule has 4 aliphatic carbocycles. The van der Waals surface area contributed by atoms with Crippen LogP contribution in [0, 0.1) is 28.6 Å². The summed E-state index contributed by atoms with van der Waals surface area (Å²) in [6, 6.07) is 0. The second-order valence-electron chi connectivity index (χ2n) is 11.4. The minimum atomic E-state index is -1.25. The Kier molecular flexibility index (Phi) is 6.45. The van der Waals surface area contributed by atoms with Gasteiger partial charge in [0.1, 0.15) is 6.10 Å². The molecule has 0 spiro atoms. The summed E-state index contributed by atoms with van der Waals surface area (Å²) in [7, 11) is 0. The zero-order valence-corrected chi connectivity index (χ0v) is 21.1. The SMILES string of the molecule is CC(=O)OCC(=O)[C@@]1(OC(C)=O)CC[C@@H]2[C@@H]3CC=C4C[C@H](OC(C)=O)CC[C@]4(C)[C@@H]3CC[C@@]21C. The number of rotatable bonds is 5. The van der Waals surface area contributed by atoms with Crippen LogP contribution in [0.3, 0.4) is 0 Å². The number of carbonyl (C=O) groups excluding carboxylic acids is 4. The van der Waals surface area contributed by atoms with Gasteiger partial charge >= 0.3 is 17.9 Å². The lowest BCUT2D eigenvalue weighted by atomic mass is 9.46. The van der Waals surface area contributed by atoms with Crippen LogP contribution < -0.4 is 0 Å². The molecular formula is C27H38O7. The van der Waals surface area contributed by atoms with Crippen LogP contribution in [0.25, 0.3) is 0 Å². The molecule has 0 amide bonds. The molecule has 3 saturated carbocycles. The van der Waals surface area contributed by atoms with Gasteiger partial charge in [0, 0.05) is 32.6 Å². The number of fused-ring (bicyclic) bond motifs is 5. The summed E-state index contributed by atoms with van der Waals surface area (Å²) in [6.45, 7) is 8.20. The van der Waals surface area contributed by atoms with Gasteiger partial charge in [0.15, 0.2) is 12.2 Å². The number of ether oxygens (including phenoxy) is 3. The van der Waals surface area contributed by atoms with Crippen LogP contribution in [0.5, 0.6) is 0 Å². The molecule has 7 nitrogen and oxygen atoms in total. The normalized spacial score (nSPS) is 40.7. The van der Waals surface area contributed by atoms with E-state index >= 15 is 0 Å². The molecule has 0 aromatic carbocycles. The van der Waals surface area contributed by atoms with E-state index in [0.29, 0.717) is 18.3 Å². The Hall–Kier alpha value is -2.18. The van der Waals surface area contributed by atoms with E-state index in [1.54, 1.807) is 0 Å². The van der Waals surface area contributed by atoms with Crippen LogP contribution in [0.4, 0.5) is 0 Å². The van der Waals surface area contributed by atoms with Crippen molar-refractivity contribution >= 4 is 23.7 Å². The lowest BCUT2D eigenvalue weighted by molar-refractivity contribution is -0.190. The van der Waals surface area contributed by atoms with E-state index in [4.69, 9.17) is 14.2 Å². The molecule has 0 aromatic heterocycles. The van der Waals surface area contributed by atoms with Crippen LogP contribution in [-0.4, -0.2) is 42.0 Å². The highest BCUT2D eigenvalue weighted by Gasteiger charge is 2.68. The first-order valence-electron chi connectivity index (χ1n) is 12.7. The Bertz CT molecular complexity index is 922. The third-order valence-corrected chi connectivity index (χ3v) is 9.69. The highest BCUT2D eigenvalue weighted by molar-refractivity contribution is 5.93. The Morgan fingerprint density at radius 3 is 2.26 bits per heavy atom. The first-order valence-corrected chi connectivity index (χ1v) is 12.7. The van der Waals surface area contributed by atoms with Crippen molar-refractivity contribution in [1.82, 2.24) is 0 Å². The van der Waals surface area contributed by atoms with Gasteiger partial charge in [0.05, 0.1) is 0 Å². The number of carbonyl (C=O) groups is 4. The number of esters is 3. The number of allylic oxidation sites excluding steroid dienone is 1. The number of hydrogen-bond donors (Lipinski definition) is 0. The molecule has 7 heteroatoms. The van der Waals surface area contributed by atoms with Gasteiger partial charge < -0.3 is 14.2 Å². The topological polar surface area (TPSA) is 96.0 Å². The molecule has 0 bridgehead atoms. The van der Waals surface area contributed by atoms with Gasteiger partial charge in [-0.05, 0) is 68.1 Å². The zero-order chi connectivity index (χ0) is 24.9. The maximum absolute atomic E-state index is 13.4. The smallest absolute Gasteiger partial charge is 0.303 e. The van der Waals surface area contributed by atoms with Crippen LogP contribution in [0.1, 0.15) is 86.0 Å². The first kappa shape index (κ1) is 24.9. The molecule has 0 aromatic rings. The van der Waals surface area contributed by atoms with Crippen molar-refractivity contribution in [2.24, 2.45) is 28.6 Å². The molecule has 34 heavy (non-hydrogen) atoms. The van der Waals surface area contributed by atoms with E-state index in [1.165, 1.54) is 26.3 Å². The monoisotopic (exact) mass is 474 g/mol. The number of ketones is 1. The zero-order valence-electron chi connectivity index (χ0n) is 21.1. The Morgan fingerprint density at radius 1 is 0.912 bits per heavy atom. The van der Waals surface area contributed by atoms with E-state index in [1.807, 2.05) is 0 Å². The van der Waals surface area contributed by atoms with Gasteiger partial charge in [-0.3, -0.25) is 19.2 Å². The third-order valence-electron chi connectivity index (χ3n) is 9.69. The molecule has 3 fully saturated rings. The molecule has 188 valence electrons. The summed E-state index contributed by atoms with van der Waals surface area (Å²) in [5.41, 5.74) is -0.268. The highest BCUT2D eigenvalue weighted by Crippen LogP contribution is 2.68. The van der Waals surface area contributed by atoms with Crippen molar-refractivity contribution in [3.63, 3.8) is 0 Å². The van der Waals surface area contributed by atoms with E-state index in [-0.39, 0.29) is 35.8 Å². The van der Waals surface area contributed by atoms with Gasteiger partial charge in [-0.1, -0.05) is 25.5 Å². The van der Waals surface area contributed by atoms with Crippen LogP contribution >= 0.6 is 0 Å². The van der Waals surface area contributed by atoms with Gasteiger partial charge in [-0.15, -0.1) is 0 Å². The molecule has 0 unspecified atom stereocenters. The molecule has 4 aliphatic rings. The fourth-order valence-electron chi connectivity index (χ4n) is 8.17. The molecule has 0 aliphatic heterocycles. The predicted octanol–water partition coefficient (Wildman–Crippen LogP) is 4.32. The van der Waals surface area contributed by atoms with Crippen LogP contribution in [-0.2, 0) is 33.4 Å². The summed E-state index contributed by atoms with van der Waals surface area (Å²) in [6.07, 6.45) is 8.93. The summed E-state index contributed by atoms with van der Waals surface area (Å²) in [4.78, 5) is 48.5. The molecule has 0 radical (unpaired) electrons. The van der Waals surface area contributed by atoms with Crippen LogP contribution in [0.15, 0.2) is 11.6 Å². The molecule has 4 rings (SSSR count). The summed E-state index contributed by atoms with van der Waals surface area (Å²) >= 11 is 0. The number of hydrogen-bond acceptors (Lipinski definition) is 7. The maximum Gasteiger partial charge on any atom is 0.303 e. The summed E-state index contributed by atoms with van der Waals surface area (Å²) in [5.74, 6) is -0.382. The second-order valence-corrected chi connectivity index (χ2v) is 11.4. The van der Waals surface area contributed by atoms with Crippen LogP contribution in [0.2, 0.25) is 0 Å². The molecule has 7 atom stereocenters. The molecule has 0 heterocycles. The average molecular weight is 475 g/mol.